The summed E-state index contributed by atoms with van der Waals surface area (Å²) in [6.45, 7) is 3.83. The molecule has 0 saturated carbocycles. The summed E-state index contributed by atoms with van der Waals surface area (Å²) < 4.78 is 53.9. The molecule has 0 spiro atoms. The van der Waals surface area contributed by atoms with Crippen molar-refractivity contribution < 1.29 is 21.6 Å². The number of sulfonamides is 1. The molecule has 2 aliphatic heterocycles. The molecule has 0 aromatic rings. The lowest BCUT2D eigenvalue weighted by atomic mass is 10.3. The van der Waals surface area contributed by atoms with Crippen LogP contribution in [-0.4, -0.2) is 89.2 Å². The average molecular weight is 340 g/mol. The van der Waals surface area contributed by atoms with E-state index in [1.165, 1.54) is 11.4 Å². The van der Waals surface area contributed by atoms with Crippen molar-refractivity contribution in [3.63, 3.8) is 0 Å². The fourth-order valence-electron chi connectivity index (χ4n) is 2.73. The maximum absolute atomic E-state index is 12.3. The molecule has 124 valence electrons. The third-order valence-corrected chi connectivity index (χ3v) is 7.87. The Morgan fingerprint density at radius 1 is 1.29 bits per heavy atom. The first kappa shape index (κ1) is 17.1. The van der Waals surface area contributed by atoms with Crippen molar-refractivity contribution in [2.75, 3.05) is 57.2 Å². The number of rotatable bonds is 6. The lowest BCUT2D eigenvalue weighted by Crippen LogP contribution is -2.41. The Morgan fingerprint density at radius 3 is 2.52 bits per heavy atom. The van der Waals surface area contributed by atoms with E-state index in [0.717, 1.165) is 19.6 Å². The monoisotopic (exact) mass is 340 g/mol. The second-order valence-electron chi connectivity index (χ2n) is 5.70. The second-order valence-corrected chi connectivity index (χ2v) is 10.1. The van der Waals surface area contributed by atoms with Gasteiger partial charge in [0.1, 0.15) is 0 Å². The molecule has 2 aliphatic rings. The summed E-state index contributed by atoms with van der Waals surface area (Å²) in [5.41, 5.74) is 0. The largest absolute Gasteiger partial charge is 0.379 e. The number of nitrogens with zero attached hydrogens (tertiary/aromatic N) is 2. The normalized spacial score (nSPS) is 27.2. The highest BCUT2D eigenvalue weighted by Gasteiger charge is 2.35. The van der Waals surface area contributed by atoms with Crippen LogP contribution in [0.2, 0.25) is 0 Å². The average Bonchev–Trinajstić information content (AvgIpc) is 2.79. The molecule has 2 rings (SSSR count). The van der Waals surface area contributed by atoms with E-state index < -0.39 is 25.9 Å². The SMILES string of the molecule is CN(C1CCS(=O)(=O)C1)S(=O)(=O)CCCN1CCOCC1. The Morgan fingerprint density at radius 2 is 1.95 bits per heavy atom. The zero-order valence-electron chi connectivity index (χ0n) is 12.4. The molecule has 7 nitrogen and oxygen atoms in total. The fourth-order valence-corrected chi connectivity index (χ4v) is 6.01. The molecule has 0 aromatic carbocycles. The third kappa shape index (κ3) is 4.88. The van der Waals surface area contributed by atoms with E-state index in [1.54, 1.807) is 0 Å². The highest BCUT2D eigenvalue weighted by molar-refractivity contribution is 7.92. The summed E-state index contributed by atoms with van der Waals surface area (Å²) in [6.07, 6.45) is 0.966. The molecule has 0 radical (unpaired) electrons. The Balaban J connectivity index is 1.80. The molecular formula is C12H24N2O5S2. The third-order valence-electron chi connectivity index (χ3n) is 4.14. The zero-order chi connectivity index (χ0) is 15.5. The van der Waals surface area contributed by atoms with Crippen molar-refractivity contribution in [1.29, 1.82) is 0 Å². The van der Waals surface area contributed by atoms with Gasteiger partial charge in [0.15, 0.2) is 9.84 Å². The first-order valence-corrected chi connectivity index (χ1v) is 10.7. The topological polar surface area (TPSA) is 84.0 Å². The van der Waals surface area contributed by atoms with Crippen molar-refractivity contribution in [3.05, 3.63) is 0 Å². The zero-order valence-corrected chi connectivity index (χ0v) is 14.0. The summed E-state index contributed by atoms with van der Waals surface area (Å²) in [5, 5.41) is 0. The van der Waals surface area contributed by atoms with Crippen molar-refractivity contribution in [1.82, 2.24) is 9.21 Å². The molecule has 9 heteroatoms. The molecule has 2 heterocycles. The molecule has 0 bridgehead atoms. The van der Waals surface area contributed by atoms with Crippen LogP contribution in [0.4, 0.5) is 0 Å². The van der Waals surface area contributed by atoms with Gasteiger partial charge in [-0.25, -0.2) is 21.1 Å². The van der Waals surface area contributed by atoms with Crippen LogP contribution in [0.5, 0.6) is 0 Å². The van der Waals surface area contributed by atoms with Crippen LogP contribution in [0.3, 0.4) is 0 Å². The van der Waals surface area contributed by atoms with Gasteiger partial charge < -0.3 is 4.74 Å². The maximum Gasteiger partial charge on any atom is 0.214 e. The van der Waals surface area contributed by atoms with Crippen LogP contribution in [0.1, 0.15) is 12.8 Å². The van der Waals surface area contributed by atoms with Crippen LogP contribution in [-0.2, 0) is 24.6 Å². The molecule has 0 N–H and O–H groups in total. The second kappa shape index (κ2) is 6.91. The van der Waals surface area contributed by atoms with Crippen LogP contribution in [0.15, 0.2) is 0 Å². The van der Waals surface area contributed by atoms with Gasteiger partial charge in [0.2, 0.25) is 10.0 Å². The smallest absolute Gasteiger partial charge is 0.214 e. The summed E-state index contributed by atoms with van der Waals surface area (Å²) in [5.74, 6) is 0.106. The van der Waals surface area contributed by atoms with E-state index in [4.69, 9.17) is 4.74 Å². The Labute approximate surface area is 127 Å². The minimum atomic E-state index is -3.38. The predicted octanol–water partition coefficient (Wildman–Crippen LogP) is -0.843. The van der Waals surface area contributed by atoms with Crippen molar-refractivity contribution in [2.24, 2.45) is 0 Å². The highest BCUT2D eigenvalue weighted by Crippen LogP contribution is 2.19. The summed E-state index contributed by atoms with van der Waals surface area (Å²) in [7, 11) is -4.95. The minimum absolute atomic E-state index is 0.0494. The Hall–Kier alpha value is -0.220. The number of hydrogen-bond donors (Lipinski definition) is 0. The molecule has 0 aromatic heterocycles. The van der Waals surface area contributed by atoms with E-state index in [9.17, 15) is 16.8 Å². The minimum Gasteiger partial charge on any atom is -0.379 e. The van der Waals surface area contributed by atoms with Gasteiger partial charge in [-0.1, -0.05) is 0 Å². The van der Waals surface area contributed by atoms with Gasteiger partial charge >= 0.3 is 0 Å². The Bertz CT molecular complexity index is 540. The number of morpholine rings is 1. The van der Waals surface area contributed by atoms with Crippen LogP contribution in [0, 0.1) is 0 Å². The maximum atomic E-state index is 12.3. The van der Waals surface area contributed by atoms with E-state index in [-0.39, 0.29) is 17.3 Å². The standard InChI is InChI=1S/C12H24N2O5S2/c1-13(12-3-10-20(15,16)11-12)21(17,18)9-2-4-14-5-7-19-8-6-14/h12H,2-11H2,1H3. The van der Waals surface area contributed by atoms with Gasteiger partial charge in [-0.3, -0.25) is 4.90 Å². The van der Waals surface area contributed by atoms with Crippen LogP contribution in [0.25, 0.3) is 0 Å². The van der Waals surface area contributed by atoms with Crippen molar-refractivity contribution in [3.8, 4) is 0 Å². The lowest BCUT2D eigenvalue weighted by Gasteiger charge is -2.27. The number of hydrogen-bond acceptors (Lipinski definition) is 6. The van der Waals surface area contributed by atoms with Gasteiger partial charge in [-0.05, 0) is 19.4 Å². The van der Waals surface area contributed by atoms with Crippen LogP contribution < -0.4 is 0 Å². The molecule has 2 fully saturated rings. The van der Waals surface area contributed by atoms with Gasteiger partial charge in [0.05, 0.1) is 30.5 Å². The number of sulfone groups is 1. The molecule has 2 saturated heterocycles. The summed E-state index contributed by atoms with van der Waals surface area (Å²) in [4.78, 5) is 2.19. The summed E-state index contributed by atoms with van der Waals surface area (Å²) in [6, 6.07) is -0.400. The van der Waals surface area contributed by atoms with E-state index >= 15 is 0 Å². The molecule has 0 amide bonds. The van der Waals surface area contributed by atoms with E-state index in [2.05, 4.69) is 4.90 Å². The molecular weight excluding hydrogens is 316 g/mol. The molecule has 1 unspecified atom stereocenters. The van der Waals surface area contributed by atoms with E-state index in [1.807, 2.05) is 0 Å². The van der Waals surface area contributed by atoms with Crippen LogP contribution >= 0.6 is 0 Å². The first-order chi connectivity index (χ1) is 9.80. The number of ether oxygens (including phenoxy) is 1. The predicted molar refractivity (Wildman–Crippen MR) is 80.5 cm³/mol. The van der Waals surface area contributed by atoms with Crippen molar-refractivity contribution in [2.45, 2.75) is 18.9 Å². The first-order valence-electron chi connectivity index (χ1n) is 7.26. The lowest BCUT2D eigenvalue weighted by molar-refractivity contribution is 0.0380. The van der Waals surface area contributed by atoms with Gasteiger partial charge in [0, 0.05) is 26.2 Å². The van der Waals surface area contributed by atoms with E-state index in [0.29, 0.717) is 26.1 Å². The van der Waals surface area contributed by atoms with Gasteiger partial charge in [-0.2, -0.15) is 0 Å². The fraction of sp³-hybridized carbons (Fsp3) is 1.00. The van der Waals surface area contributed by atoms with Gasteiger partial charge in [-0.15, -0.1) is 0 Å². The van der Waals surface area contributed by atoms with Gasteiger partial charge in [0.25, 0.3) is 0 Å². The molecule has 1 atom stereocenters. The molecule has 0 aliphatic carbocycles. The molecule has 21 heavy (non-hydrogen) atoms. The Kier molecular flexibility index (Phi) is 5.64. The summed E-state index contributed by atoms with van der Waals surface area (Å²) >= 11 is 0. The van der Waals surface area contributed by atoms with Crippen molar-refractivity contribution >= 4 is 19.9 Å². The quantitative estimate of drug-likeness (QED) is 0.627. The highest BCUT2D eigenvalue weighted by atomic mass is 32.2.